The Morgan fingerprint density at radius 3 is 2.75 bits per heavy atom. The lowest BCUT2D eigenvalue weighted by molar-refractivity contribution is 0.0189. The first-order valence-electron chi connectivity index (χ1n) is 7.94. The van der Waals surface area contributed by atoms with Crippen molar-refractivity contribution < 1.29 is 4.74 Å². The molecule has 0 amide bonds. The van der Waals surface area contributed by atoms with Crippen LogP contribution in [0.4, 0.5) is 0 Å². The molecule has 0 aromatic heterocycles. The van der Waals surface area contributed by atoms with Crippen molar-refractivity contribution >= 4 is 0 Å². The lowest BCUT2D eigenvalue weighted by Crippen LogP contribution is -2.42. The van der Waals surface area contributed by atoms with Crippen LogP contribution < -0.4 is 10.5 Å². The molecule has 2 N–H and O–H groups in total. The first-order valence-corrected chi connectivity index (χ1v) is 7.94. The Morgan fingerprint density at radius 1 is 1.15 bits per heavy atom. The van der Waals surface area contributed by atoms with Crippen LogP contribution in [-0.4, -0.2) is 5.60 Å². The van der Waals surface area contributed by atoms with Crippen molar-refractivity contribution in [1.82, 2.24) is 0 Å². The lowest BCUT2D eigenvalue weighted by atomic mass is 9.80. The molecule has 1 fully saturated rings. The minimum Gasteiger partial charge on any atom is -0.487 e. The van der Waals surface area contributed by atoms with E-state index < -0.39 is 0 Å². The minimum atomic E-state index is -0.0184. The van der Waals surface area contributed by atoms with Crippen molar-refractivity contribution in [3.05, 3.63) is 29.3 Å². The second-order valence-corrected chi connectivity index (χ2v) is 7.65. The Balaban J connectivity index is 1.88. The molecule has 1 saturated carbocycles. The number of nitrogens with two attached hydrogens (primary N) is 1. The highest BCUT2D eigenvalue weighted by atomic mass is 16.5. The van der Waals surface area contributed by atoms with Gasteiger partial charge >= 0.3 is 0 Å². The molecule has 2 atom stereocenters. The van der Waals surface area contributed by atoms with Gasteiger partial charge in [-0.3, -0.25) is 0 Å². The molecule has 20 heavy (non-hydrogen) atoms. The maximum atomic E-state index is 6.48. The fraction of sp³-hybridized carbons (Fsp3) is 0.667. The first-order chi connectivity index (χ1) is 9.39. The molecule has 2 heteroatoms. The van der Waals surface area contributed by atoms with Gasteiger partial charge in [0.2, 0.25) is 0 Å². The van der Waals surface area contributed by atoms with Crippen LogP contribution in [-0.2, 0) is 0 Å². The number of fused-ring (bicyclic) bond motifs is 1. The average molecular weight is 273 g/mol. The van der Waals surface area contributed by atoms with Gasteiger partial charge in [0.05, 0.1) is 0 Å². The average Bonchev–Trinajstić information content (AvgIpc) is 2.51. The Labute approximate surface area is 122 Å². The highest BCUT2D eigenvalue weighted by Crippen LogP contribution is 2.47. The zero-order chi connectivity index (χ0) is 14.4. The van der Waals surface area contributed by atoms with E-state index in [9.17, 15) is 0 Å². The zero-order valence-corrected chi connectivity index (χ0v) is 13.0. The minimum absolute atomic E-state index is 0.0184. The van der Waals surface area contributed by atoms with Gasteiger partial charge in [-0.2, -0.15) is 0 Å². The van der Waals surface area contributed by atoms with Crippen molar-refractivity contribution in [2.75, 3.05) is 0 Å². The summed E-state index contributed by atoms with van der Waals surface area (Å²) in [6.07, 6.45) is 7.05. The monoisotopic (exact) mass is 273 g/mol. The van der Waals surface area contributed by atoms with E-state index in [0.717, 1.165) is 25.0 Å². The first kappa shape index (κ1) is 13.9. The molecular weight excluding hydrogens is 246 g/mol. The molecule has 2 aliphatic rings. The van der Waals surface area contributed by atoms with Gasteiger partial charge in [0.15, 0.2) is 0 Å². The van der Waals surface area contributed by atoms with Gasteiger partial charge in [-0.25, -0.2) is 0 Å². The third kappa shape index (κ3) is 2.58. The number of hydrogen-bond donors (Lipinski definition) is 1. The highest BCUT2D eigenvalue weighted by molar-refractivity contribution is 5.41. The largest absolute Gasteiger partial charge is 0.487 e. The Kier molecular flexibility index (Phi) is 3.32. The summed E-state index contributed by atoms with van der Waals surface area (Å²) < 4.78 is 6.48. The zero-order valence-electron chi connectivity index (χ0n) is 13.0. The lowest BCUT2D eigenvalue weighted by Gasteiger charge is -2.41. The molecule has 0 radical (unpaired) electrons. The molecule has 2 nitrogen and oxygen atoms in total. The predicted molar refractivity (Wildman–Crippen MR) is 82.9 cm³/mol. The van der Waals surface area contributed by atoms with Crippen molar-refractivity contribution in [3.63, 3.8) is 0 Å². The quantitative estimate of drug-likeness (QED) is 0.755. The van der Waals surface area contributed by atoms with E-state index in [1.165, 1.54) is 30.4 Å². The van der Waals surface area contributed by atoms with E-state index in [-0.39, 0.29) is 11.6 Å². The summed E-state index contributed by atoms with van der Waals surface area (Å²) in [6, 6.07) is 6.56. The van der Waals surface area contributed by atoms with Gasteiger partial charge in [-0.1, -0.05) is 31.5 Å². The fourth-order valence-electron chi connectivity index (χ4n) is 3.85. The molecule has 110 valence electrons. The third-order valence-corrected chi connectivity index (χ3v) is 5.23. The van der Waals surface area contributed by atoms with Crippen LogP contribution in [0.2, 0.25) is 0 Å². The molecule has 1 aliphatic carbocycles. The molecule has 1 heterocycles. The summed E-state index contributed by atoms with van der Waals surface area (Å²) in [5.74, 6) is 1.02. The second kappa shape index (κ2) is 4.77. The van der Waals surface area contributed by atoms with Crippen LogP contribution in [0.25, 0.3) is 0 Å². The third-order valence-electron chi connectivity index (χ3n) is 5.23. The predicted octanol–water partition coefficient (Wildman–Crippen LogP) is 4.51. The maximum Gasteiger partial charge on any atom is 0.124 e. The van der Waals surface area contributed by atoms with Crippen molar-refractivity contribution in [2.24, 2.45) is 11.1 Å². The standard InChI is InChI=1S/C18H27NO/c1-13-5-6-16-14(11-13)15(19)12-18(20-16)8-4-7-17(2,3)9-10-18/h5-6,11,15H,4,7-10,12,19H2,1-3H3. The Bertz CT molecular complexity index is 508. The topological polar surface area (TPSA) is 35.2 Å². The van der Waals surface area contributed by atoms with Crippen molar-refractivity contribution in [3.8, 4) is 5.75 Å². The summed E-state index contributed by atoms with van der Waals surface area (Å²) in [4.78, 5) is 0. The molecule has 1 spiro atoms. The van der Waals surface area contributed by atoms with Crippen LogP contribution in [0.3, 0.4) is 0 Å². The fourth-order valence-corrected chi connectivity index (χ4v) is 3.85. The summed E-state index contributed by atoms with van der Waals surface area (Å²) in [5.41, 5.74) is 9.35. The normalized spacial score (nSPS) is 32.3. The van der Waals surface area contributed by atoms with Gasteiger partial charge in [0, 0.05) is 18.0 Å². The van der Waals surface area contributed by atoms with Crippen LogP contribution in [0.1, 0.15) is 69.5 Å². The highest BCUT2D eigenvalue weighted by Gasteiger charge is 2.42. The molecule has 2 unspecified atom stereocenters. The van der Waals surface area contributed by atoms with Crippen LogP contribution in [0.15, 0.2) is 18.2 Å². The van der Waals surface area contributed by atoms with Gasteiger partial charge in [0.1, 0.15) is 11.4 Å². The maximum absolute atomic E-state index is 6.48. The molecular formula is C18H27NO. The van der Waals surface area contributed by atoms with Crippen molar-refractivity contribution in [2.45, 2.75) is 70.9 Å². The molecule has 3 rings (SSSR count). The van der Waals surface area contributed by atoms with E-state index in [2.05, 4.69) is 39.0 Å². The summed E-state index contributed by atoms with van der Waals surface area (Å²) in [6.45, 7) is 6.88. The number of aryl methyl sites for hydroxylation is 1. The summed E-state index contributed by atoms with van der Waals surface area (Å²) in [7, 11) is 0. The smallest absolute Gasteiger partial charge is 0.124 e. The number of rotatable bonds is 0. The molecule has 1 aliphatic heterocycles. The number of hydrogen-bond acceptors (Lipinski definition) is 2. The summed E-state index contributed by atoms with van der Waals surface area (Å²) in [5, 5.41) is 0. The van der Waals surface area contributed by atoms with Gasteiger partial charge < -0.3 is 10.5 Å². The Morgan fingerprint density at radius 2 is 1.95 bits per heavy atom. The van der Waals surface area contributed by atoms with Crippen LogP contribution in [0.5, 0.6) is 5.75 Å². The van der Waals surface area contributed by atoms with E-state index in [1.54, 1.807) is 0 Å². The van der Waals surface area contributed by atoms with E-state index in [4.69, 9.17) is 10.5 Å². The van der Waals surface area contributed by atoms with Crippen LogP contribution >= 0.6 is 0 Å². The van der Waals surface area contributed by atoms with Gasteiger partial charge in [-0.05, 0) is 50.5 Å². The van der Waals surface area contributed by atoms with Gasteiger partial charge in [-0.15, -0.1) is 0 Å². The van der Waals surface area contributed by atoms with E-state index in [0.29, 0.717) is 5.41 Å². The number of benzene rings is 1. The molecule has 1 aromatic rings. The second-order valence-electron chi connectivity index (χ2n) is 7.65. The van der Waals surface area contributed by atoms with E-state index >= 15 is 0 Å². The van der Waals surface area contributed by atoms with E-state index in [1.807, 2.05) is 0 Å². The molecule has 0 saturated heterocycles. The Hall–Kier alpha value is -1.02. The van der Waals surface area contributed by atoms with Crippen LogP contribution in [0, 0.1) is 12.3 Å². The van der Waals surface area contributed by atoms with Crippen molar-refractivity contribution in [1.29, 1.82) is 0 Å². The van der Waals surface area contributed by atoms with Gasteiger partial charge in [0.25, 0.3) is 0 Å². The summed E-state index contributed by atoms with van der Waals surface area (Å²) >= 11 is 0. The SMILES string of the molecule is Cc1ccc2c(c1)C(N)CC1(CCCC(C)(C)CC1)O2. The molecule has 0 bridgehead atoms. The number of ether oxygens (including phenoxy) is 1. The molecule has 1 aromatic carbocycles.